The summed E-state index contributed by atoms with van der Waals surface area (Å²) in [5, 5.41) is 8.74. The zero-order valence-electron chi connectivity index (χ0n) is 9.76. The van der Waals surface area contributed by atoms with E-state index < -0.39 is 5.97 Å². The van der Waals surface area contributed by atoms with Crippen molar-refractivity contribution in [1.82, 2.24) is 15.0 Å². The molecule has 1 aliphatic rings. The monoisotopic (exact) mass is 262 g/mol. The standard InChI is InChI=1S/C11H10N4O4/c16-9(17)8-6-18-11(14-8)15-4-7(5-15)19-10-12-2-1-3-13-10/h1-3,6-7H,4-5H2,(H,16,17). The lowest BCUT2D eigenvalue weighted by Gasteiger charge is -2.36. The molecular weight excluding hydrogens is 252 g/mol. The molecule has 1 N–H and O–H groups in total. The molecule has 0 spiro atoms. The number of ether oxygens (including phenoxy) is 1. The fraction of sp³-hybridized carbons (Fsp3) is 0.273. The number of aromatic carboxylic acids is 1. The fourth-order valence-electron chi connectivity index (χ4n) is 1.67. The van der Waals surface area contributed by atoms with Crippen LogP contribution >= 0.6 is 0 Å². The van der Waals surface area contributed by atoms with Crippen LogP contribution in [0.3, 0.4) is 0 Å². The van der Waals surface area contributed by atoms with E-state index in [-0.39, 0.29) is 17.8 Å². The van der Waals surface area contributed by atoms with Gasteiger partial charge in [-0.1, -0.05) is 0 Å². The van der Waals surface area contributed by atoms with Crippen molar-refractivity contribution in [3.05, 3.63) is 30.4 Å². The van der Waals surface area contributed by atoms with Gasteiger partial charge in [0.1, 0.15) is 12.4 Å². The molecule has 8 nitrogen and oxygen atoms in total. The highest BCUT2D eigenvalue weighted by atomic mass is 16.5. The summed E-state index contributed by atoms with van der Waals surface area (Å²) in [5.74, 6) is -1.11. The number of carboxylic acids is 1. The van der Waals surface area contributed by atoms with Gasteiger partial charge in [-0.25, -0.2) is 14.8 Å². The summed E-state index contributed by atoms with van der Waals surface area (Å²) in [7, 11) is 0. The minimum atomic E-state index is -1.11. The van der Waals surface area contributed by atoms with Crippen LogP contribution in [-0.4, -0.2) is 45.2 Å². The van der Waals surface area contributed by atoms with Crippen molar-refractivity contribution in [2.75, 3.05) is 18.0 Å². The van der Waals surface area contributed by atoms with Gasteiger partial charge in [0.2, 0.25) is 0 Å². The second-order valence-corrected chi connectivity index (χ2v) is 4.00. The Hall–Kier alpha value is -2.64. The predicted molar refractivity (Wildman–Crippen MR) is 62.1 cm³/mol. The summed E-state index contributed by atoms with van der Waals surface area (Å²) >= 11 is 0. The molecule has 2 aromatic rings. The number of hydrogen-bond donors (Lipinski definition) is 1. The summed E-state index contributed by atoms with van der Waals surface area (Å²) in [5.41, 5.74) is -0.106. The van der Waals surface area contributed by atoms with Gasteiger partial charge >= 0.3 is 12.0 Å². The van der Waals surface area contributed by atoms with Gasteiger partial charge in [-0.3, -0.25) is 0 Å². The Morgan fingerprint density at radius 2 is 2.16 bits per heavy atom. The summed E-state index contributed by atoms with van der Waals surface area (Å²) in [6.07, 6.45) is 4.27. The maximum absolute atomic E-state index is 10.7. The Balaban J connectivity index is 1.56. The molecule has 98 valence electrons. The van der Waals surface area contributed by atoms with Crippen LogP contribution in [0.1, 0.15) is 10.5 Å². The first-order valence-electron chi connectivity index (χ1n) is 5.60. The van der Waals surface area contributed by atoms with E-state index in [1.54, 1.807) is 23.4 Å². The summed E-state index contributed by atoms with van der Waals surface area (Å²) in [6.45, 7) is 1.11. The molecule has 0 atom stereocenters. The van der Waals surface area contributed by atoms with E-state index in [1.165, 1.54) is 0 Å². The molecule has 1 saturated heterocycles. The van der Waals surface area contributed by atoms with Gasteiger partial charge in [0, 0.05) is 12.4 Å². The van der Waals surface area contributed by atoms with Crippen molar-refractivity contribution in [3.63, 3.8) is 0 Å². The van der Waals surface area contributed by atoms with E-state index in [4.69, 9.17) is 14.3 Å². The summed E-state index contributed by atoms with van der Waals surface area (Å²) in [4.78, 5) is 24.2. The van der Waals surface area contributed by atoms with E-state index in [1.807, 2.05) is 0 Å². The van der Waals surface area contributed by atoms with Crippen LogP contribution in [-0.2, 0) is 0 Å². The van der Waals surface area contributed by atoms with E-state index in [0.717, 1.165) is 6.26 Å². The molecule has 19 heavy (non-hydrogen) atoms. The number of aromatic nitrogens is 3. The van der Waals surface area contributed by atoms with Crippen molar-refractivity contribution < 1.29 is 19.1 Å². The Labute approximate surface area is 107 Å². The first kappa shape index (κ1) is 11.5. The quantitative estimate of drug-likeness (QED) is 0.846. The predicted octanol–water partition coefficient (Wildman–Crippen LogP) is 0.430. The highest BCUT2D eigenvalue weighted by molar-refractivity contribution is 5.85. The number of hydrogen-bond acceptors (Lipinski definition) is 7. The van der Waals surface area contributed by atoms with Crippen molar-refractivity contribution >= 4 is 12.0 Å². The van der Waals surface area contributed by atoms with Crippen molar-refractivity contribution in [2.24, 2.45) is 0 Å². The zero-order valence-corrected chi connectivity index (χ0v) is 9.76. The average molecular weight is 262 g/mol. The first-order valence-corrected chi connectivity index (χ1v) is 5.60. The van der Waals surface area contributed by atoms with Crippen LogP contribution in [0, 0.1) is 0 Å². The normalized spacial score (nSPS) is 15.1. The smallest absolute Gasteiger partial charge is 0.357 e. The zero-order chi connectivity index (χ0) is 13.2. The largest absolute Gasteiger partial charge is 0.476 e. The summed E-state index contributed by atoms with van der Waals surface area (Å²) < 4.78 is 10.6. The molecule has 0 saturated carbocycles. The minimum Gasteiger partial charge on any atom is -0.476 e. The van der Waals surface area contributed by atoms with Crippen LogP contribution in [0.2, 0.25) is 0 Å². The third-order valence-corrected chi connectivity index (χ3v) is 2.64. The van der Waals surface area contributed by atoms with Crippen LogP contribution in [0.25, 0.3) is 0 Å². The molecule has 1 fully saturated rings. The van der Waals surface area contributed by atoms with Gasteiger partial charge in [-0.15, -0.1) is 0 Å². The van der Waals surface area contributed by atoms with Gasteiger partial charge in [0.05, 0.1) is 13.1 Å². The van der Waals surface area contributed by atoms with Gasteiger partial charge in [-0.2, -0.15) is 4.98 Å². The molecule has 3 heterocycles. The van der Waals surface area contributed by atoms with E-state index in [9.17, 15) is 4.79 Å². The molecule has 0 amide bonds. The number of carboxylic acid groups (broad SMARTS) is 1. The second kappa shape index (κ2) is 4.56. The number of nitrogens with zero attached hydrogens (tertiary/aromatic N) is 4. The van der Waals surface area contributed by atoms with Gasteiger partial charge in [0.25, 0.3) is 6.01 Å². The van der Waals surface area contributed by atoms with Crippen LogP contribution in [0.5, 0.6) is 6.01 Å². The molecule has 0 bridgehead atoms. The second-order valence-electron chi connectivity index (χ2n) is 4.00. The molecule has 0 aromatic carbocycles. The number of oxazole rings is 1. The van der Waals surface area contributed by atoms with E-state index in [0.29, 0.717) is 19.1 Å². The lowest BCUT2D eigenvalue weighted by Crippen LogP contribution is -2.54. The third kappa shape index (κ3) is 2.32. The van der Waals surface area contributed by atoms with Crippen molar-refractivity contribution in [3.8, 4) is 6.01 Å². The Kier molecular flexibility index (Phi) is 2.75. The van der Waals surface area contributed by atoms with E-state index in [2.05, 4.69) is 15.0 Å². The number of anilines is 1. The lowest BCUT2D eigenvalue weighted by molar-refractivity contribution is 0.0690. The molecule has 0 unspecified atom stereocenters. The maximum atomic E-state index is 10.7. The average Bonchev–Trinajstić information content (AvgIpc) is 2.84. The molecule has 2 aromatic heterocycles. The molecule has 0 aliphatic carbocycles. The third-order valence-electron chi connectivity index (χ3n) is 2.64. The number of rotatable bonds is 4. The molecule has 8 heteroatoms. The van der Waals surface area contributed by atoms with Gasteiger partial charge < -0.3 is 19.2 Å². The maximum Gasteiger partial charge on any atom is 0.357 e. The summed E-state index contributed by atoms with van der Waals surface area (Å²) in [6, 6.07) is 2.32. The van der Waals surface area contributed by atoms with Crippen LogP contribution in [0.15, 0.2) is 29.1 Å². The Bertz CT molecular complexity index is 579. The Morgan fingerprint density at radius 3 is 2.79 bits per heavy atom. The van der Waals surface area contributed by atoms with E-state index >= 15 is 0 Å². The minimum absolute atomic E-state index is 0.0532. The van der Waals surface area contributed by atoms with Gasteiger partial charge in [-0.05, 0) is 6.07 Å². The molecular formula is C11H10N4O4. The SMILES string of the molecule is O=C(O)c1coc(N2CC(Oc3ncccn3)C2)n1. The van der Waals surface area contributed by atoms with Crippen molar-refractivity contribution in [1.29, 1.82) is 0 Å². The fourth-order valence-corrected chi connectivity index (χ4v) is 1.67. The molecule has 0 radical (unpaired) electrons. The topological polar surface area (TPSA) is 102 Å². The highest BCUT2D eigenvalue weighted by Gasteiger charge is 2.32. The number of carbonyl (C=O) groups is 1. The lowest BCUT2D eigenvalue weighted by atomic mass is 10.2. The van der Waals surface area contributed by atoms with Gasteiger partial charge in [0.15, 0.2) is 5.69 Å². The first-order chi connectivity index (χ1) is 9.22. The van der Waals surface area contributed by atoms with Crippen LogP contribution in [0.4, 0.5) is 6.01 Å². The van der Waals surface area contributed by atoms with Crippen molar-refractivity contribution in [2.45, 2.75) is 6.10 Å². The molecule has 3 rings (SSSR count). The molecule has 1 aliphatic heterocycles. The Morgan fingerprint density at radius 1 is 1.42 bits per heavy atom. The highest BCUT2D eigenvalue weighted by Crippen LogP contribution is 2.22. The van der Waals surface area contributed by atoms with Crippen LogP contribution < -0.4 is 9.64 Å².